The van der Waals surface area contributed by atoms with E-state index in [0.29, 0.717) is 41.1 Å². The standard InChI is InChI=1S/C20H16N4O4S/c25-14-9-10(15-6-3-7-29-15)8-12-17(14)16(18-19(21-12)22-23-20(18)26)11-4-1-2-5-13(11)24(27)28/h1-7,10,16H,8-9H2,(H3,21,22,23,26)/t10-,16-/m0/s1. The van der Waals surface area contributed by atoms with Gasteiger partial charge < -0.3 is 5.32 Å². The number of anilines is 1. The molecule has 0 unspecified atom stereocenters. The SMILES string of the molecule is O=C1C[C@@H](c2cccs2)CC2=C1[C@H](c1ccccc1[N+](=O)[O-])c1c([nH][nH]c1=O)N2. The number of hydrogen-bond donors (Lipinski definition) is 3. The number of rotatable bonds is 3. The van der Waals surface area contributed by atoms with E-state index in [1.165, 1.54) is 6.07 Å². The van der Waals surface area contributed by atoms with E-state index in [-0.39, 0.29) is 17.4 Å². The minimum absolute atomic E-state index is 0.0485. The third-order valence-electron chi connectivity index (χ3n) is 5.57. The maximum Gasteiger partial charge on any atom is 0.273 e. The second-order valence-electron chi connectivity index (χ2n) is 7.18. The maximum atomic E-state index is 13.3. The molecule has 0 amide bonds. The summed E-state index contributed by atoms with van der Waals surface area (Å²) >= 11 is 1.61. The van der Waals surface area contributed by atoms with Crippen molar-refractivity contribution >= 4 is 28.6 Å². The molecule has 146 valence electrons. The second kappa shape index (κ2) is 6.56. The third kappa shape index (κ3) is 2.73. The third-order valence-corrected chi connectivity index (χ3v) is 6.60. The van der Waals surface area contributed by atoms with Gasteiger partial charge in [-0.3, -0.25) is 29.9 Å². The van der Waals surface area contributed by atoms with Crippen molar-refractivity contribution in [2.45, 2.75) is 24.7 Å². The van der Waals surface area contributed by atoms with E-state index in [1.807, 2.05) is 17.5 Å². The highest BCUT2D eigenvalue weighted by Gasteiger charge is 2.42. The average Bonchev–Trinajstić information content (AvgIpc) is 3.37. The number of nitrogens with zero attached hydrogens (tertiary/aromatic N) is 1. The number of nitro benzene ring substituents is 1. The normalized spacial score (nSPS) is 20.8. The molecule has 8 nitrogen and oxygen atoms in total. The lowest BCUT2D eigenvalue weighted by molar-refractivity contribution is -0.385. The molecule has 1 aliphatic carbocycles. The first-order valence-corrected chi connectivity index (χ1v) is 10.0. The van der Waals surface area contributed by atoms with Gasteiger partial charge in [0, 0.05) is 40.1 Å². The number of carbonyl (C=O) groups is 1. The van der Waals surface area contributed by atoms with Gasteiger partial charge >= 0.3 is 0 Å². The zero-order chi connectivity index (χ0) is 20.1. The molecule has 5 rings (SSSR count). The first-order valence-electron chi connectivity index (χ1n) is 9.15. The Hall–Kier alpha value is -3.46. The molecule has 3 heterocycles. The molecule has 1 aromatic carbocycles. The summed E-state index contributed by atoms with van der Waals surface area (Å²) in [6, 6.07) is 10.3. The molecule has 3 aromatic rings. The van der Waals surface area contributed by atoms with Crippen LogP contribution in [0.4, 0.5) is 11.5 Å². The van der Waals surface area contributed by atoms with Crippen LogP contribution in [0, 0.1) is 10.1 Å². The van der Waals surface area contributed by atoms with Crippen molar-refractivity contribution in [2.24, 2.45) is 0 Å². The van der Waals surface area contributed by atoms with Crippen molar-refractivity contribution in [1.82, 2.24) is 10.2 Å². The minimum Gasteiger partial charge on any atom is -0.343 e. The van der Waals surface area contributed by atoms with Gasteiger partial charge in [-0.1, -0.05) is 24.3 Å². The number of benzene rings is 1. The summed E-state index contributed by atoms with van der Waals surface area (Å²) in [6.07, 6.45) is 0.918. The molecule has 0 saturated heterocycles. The molecule has 2 aliphatic rings. The highest BCUT2D eigenvalue weighted by Crippen LogP contribution is 2.48. The van der Waals surface area contributed by atoms with E-state index >= 15 is 0 Å². The van der Waals surface area contributed by atoms with Crippen LogP contribution in [0.25, 0.3) is 0 Å². The molecule has 0 radical (unpaired) electrons. The summed E-state index contributed by atoms with van der Waals surface area (Å²) in [5.41, 5.74) is 1.32. The van der Waals surface area contributed by atoms with Crippen LogP contribution in [0.15, 0.2) is 57.8 Å². The van der Waals surface area contributed by atoms with E-state index < -0.39 is 16.4 Å². The largest absolute Gasteiger partial charge is 0.343 e. The Bertz CT molecular complexity index is 1220. The van der Waals surface area contributed by atoms with E-state index in [2.05, 4.69) is 15.5 Å². The monoisotopic (exact) mass is 408 g/mol. The van der Waals surface area contributed by atoms with Crippen molar-refractivity contribution in [1.29, 1.82) is 0 Å². The summed E-state index contributed by atoms with van der Waals surface area (Å²) in [5.74, 6) is -0.370. The summed E-state index contributed by atoms with van der Waals surface area (Å²) < 4.78 is 0. The Morgan fingerprint density at radius 1 is 1.07 bits per heavy atom. The van der Waals surface area contributed by atoms with E-state index in [9.17, 15) is 19.7 Å². The average molecular weight is 408 g/mol. The van der Waals surface area contributed by atoms with Gasteiger partial charge in [0.15, 0.2) is 5.78 Å². The maximum absolute atomic E-state index is 13.3. The number of fused-ring (bicyclic) bond motifs is 1. The number of allylic oxidation sites excluding steroid dienone is 2. The molecule has 0 spiro atoms. The molecule has 3 N–H and O–H groups in total. The van der Waals surface area contributed by atoms with Crippen LogP contribution in [-0.2, 0) is 4.79 Å². The summed E-state index contributed by atoms with van der Waals surface area (Å²) in [4.78, 5) is 38.1. The summed E-state index contributed by atoms with van der Waals surface area (Å²) in [5, 5.41) is 22.2. The van der Waals surface area contributed by atoms with Gasteiger partial charge in [0.1, 0.15) is 5.82 Å². The molecule has 0 fully saturated rings. The van der Waals surface area contributed by atoms with Gasteiger partial charge in [-0.05, 0) is 17.9 Å². The fraction of sp³-hybridized carbons (Fsp3) is 0.200. The zero-order valence-corrected chi connectivity index (χ0v) is 15.9. The van der Waals surface area contributed by atoms with E-state index in [1.54, 1.807) is 29.5 Å². The molecule has 1 aliphatic heterocycles. The number of H-pyrrole nitrogens is 2. The zero-order valence-electron chi connectivity index (χ0n) is 15.1. The van der Waals surface area contributed by atoms with Crippen LogP contribution in [0.5, 0.6) is 0 Å². The van der Waals surface area contributed by atoms with E-state index in [0.717, 1.165) is 4.88 Å². The number of para-hydroxylation sites is 1. The molecule has 0 saturated carbocycles. The smallest absolute Gasteiger partial charge is 0.273 e. The summed E-state index contributed by atoms with van der Waals surface area (Å²) in [6.45, 7) is 0. The van der Waals surface area contributed by atoms with Gasteiger partial charge in [-0.2, -0.15) is 0 Å². The minimum atomic E-state index is -0.783. The molecular formula is C20H16N4O4S. The number of thiophene rings is 1. The lowest BCUT2D eigenvalue weighted by Crippen LogP contribution is -2.31. The van der Waals surface area contributed by atoms with Crippen LogP contribution in [0.3, 0.4) is 0 Å². The number of aromatic nitrogens is 2. The fourth-order valence-electron chi connectivity index (χ4n) is 4.35. The lowest BCUT2D eigenvalue weighted by Gasteiger charge is -2.34. The molecule has 29 heavy (non-hydrogen) atoms. The second-order valence-corrected chi connectivity index (χ2v) is 8.16. The predicted molar refractivity (Wildman–Crippen MR) is 108 cm³/mol. The number of carbonyl (C=O) groups excluding carboxylic acids is 1. The quantitative estimate of drug-likeness (QED) is 0.451. The van der Waals surface area contributed by atoms with Crippen LogP contribution < -0.4 is 10.9 Å². The topological polar surface area (TPSA) is 121 Å². The number of Topliss-reactive ketones (excluding diaryl/α,β-unsaturated/α-hetero) is 1. The van der Waals surface area contributed by atoms with Crippen molar-refractivity contribution < 1.29 is 9.72 Å². The Balaban J connectivity index is 1.70. The van der Waals surface area contributed by atoms with Gasteiger partial charge in [-0.25, -0.2) is 0 Å². The van der Waals surface area contributed by atoms with Gasteiger partial charge in [-0.15, -0.1) is 11.3 Å². The van der Waals surface area contributed by atoms with Gasteiger partial charge in [0.2, 0.25) is 0 Å². The first kappa shape index (κ1) is 17.6. The molecule has 2 atom stereocenters. The van der Waals surface area contributed by atoms with Crippen LogP contribution in [0.2, 0.25) is 0 Å². The van der Waals surface area contributed by atoms with Crippen LogP contribution in [0.1, 0.15) is 40.7 Å². The number of nitro groups is 1. The Labute approximate surface area is 168 Å². The first-order chi connectivity index (χ1) is 14.0. The van der Waals surface area contributed by atoms with Crippen LogP contribution in [-0.4, -0.2) is 20.9 Å². The molecule has 0 bridgehead atoms. The van der Waals surface area contributed by atoms with Crippen LogP contribution >= 0.6 is 11.3 Å². The Morgan fingerprint density at radius 3 is 2.66 bits per heavy atom. The van der Waals surface area contributed by atoms with Gasteiger partial charge in [0.25, 0.3) is 11.2 Å². The van der Waals surface area contributed by atoms with Gasteiger partial charge in [0.05, 0.1) is 16.4 Å². The number of ketones is 1. The van der Waals surface area contributed by atoms with E-state index in [4.69, 9.17) is 0 Å². The Kier molecular flexibility index (Phi) is 3.99. The number of hydrogen-bond acceptors (Lipinski definition) is 6. The van der Waals surface area contributed by atoms with Crippen molar-refractivity contribution in [3.8, 4) is 0 Å². The van der Waals surface area contributed by atoms with Crippen molar-refractivity contribution in [3.05, 3.63) is 89.5 Å². The van der Waals surface area contributed by atoms with Crippen molar-refractivity contribution in [2.75, 3.05) is 5.32 Å². The summed E-state index contributed by atoms with van der Waals surface area (Å²) in [7, 11) is 0. The Morgan fingerprint density at radius 2 is 1.90 bits per heavy atom. The molecular weight excluding hydrogens is 392 g/mol. The fourth-order valence-corrected chi connectivity index (χ4v) is 5.19. The molecule has 9 heteroatoms. The molecule has 2 aromatic heterocycles. The number of nitrogens with one attached hydrogen (secondary N) is 3. The van der Waals surface area contributed by atoms with Crippen molar-refractivity contribution in [3.63, 3.8) is 0 Å². The highest BCUT2D eigenvalue weighted by molar-refractivity contribution is 7.10. The lowest BCUT2D eigenvalue weighted by atomic mass is 9.73. The number of aromatic amines is 2. The highest BCUT2D eigenvalue weighted by atomic mass is 32.1. The predicted octanol–water partition coefficient (Wildman–Crippen LogP) is 3.63.